The van der Waals surface area contributed by atoms with Crippen LogP contribution in [-0.2, 0) is 16.3 Å². The first kappa shape index (κ1) is 23.6. The van der Waals surface area contributed by atoms with E-state index in [2.05, 4.69) is 33.7 Å². The molecule has 1 atom stereocenters. The molecule has 3 heterocycles. The second-order valence-corrected chi connectivity index (χ2v) is 11.6. The normalized spacial score (nSPS) is 16.0. The lowest BCUT2D eigenvalue weighted by molar-refractivity contribution is 0.132. The molecule has 1 fully saturated rings. The highest BCUT2D eigenvalue weighted by Gasteiger charge is 2.27. The van der Waals surface area contributed by atoms with Gasteiger partial charge in [-0.15, -0.1) is 0 Å². The fourth-order valence-electron chi connectivity index (χ4n) is 4.07. The van der Waals surface area contributed by atoms with Gasteiger partial charge in [-0.1, -0.05) is 36.8 Å². The molecule has 33 heavy (non-hydrogen) atoms. The van der Waals surface area contributed by atoms with E-state index in [0.29, 0.717) is 16.0 Å². The summed E-state index contributed by atoms with van der Waals surface area (Å²) in [6, 6.07) is 6.87. The first-order chi connectivity index (χ1) is 15.8. The van der Waals surface area contributed by atoms with Gasteiger partial charge in [-0.2, -0.15) is 0 Å². The number of ether oxygens (including phenoxy) is 1. The molecule has 0 radical (unpaired) electrons. The zero-order valence-electron chi connectivity index (χ0n) is 19.3. The average molecular weight is 487 g/mol. The number of aryl methyl sites for hydroxylation is 1. The monoisotopic (exact) mass is 486 g/mol. The Kier molecular flexibility index (Phi) is 7.29. The lowest BCUT2D eigenvalue weighted by Crippen LogP contribution is -2.39. The smallest absolute Gasteiger partial charge is 0.273 e. The quantitative estimate of drug-likeness (QED) is 0.458. The molecule has 0 unspecified atom stereocenters. The zero-order chi connectivity index (χ0) is 23.4. The van der Waals surface area contributed by atoms with E-state index < -0.39 is 9.84 Å². The van der Waals surface area contributed by atoms with Crippen LogP contribution in [0.25, 0.3) is 10.4 Å². The van der Waals surface area contributed by atoms with Gasteiger partial charge in [0.25, 0.3) is 5.19 Å². The van der Waals surface area contributed by atoms with Crippen molar-refractivity contribution in [2.24, 2.45) is 5.92 Å². The number of rotatable bonds is 8. The van der Waals surface area contributed by atoms with Crippen LogP contribution in [-0.4, -0.2) is 48.8 Å². The number of nitrogens with zero attached hydrogens (tertiary/aromatic N) is 4. The Bertz CT molecular complexity index is 1150. The maximum atomic E-state index is 11.7. The summed E-state index contributed by atoms with van der Waals surface area (Å²) in [4.78, 5) is 17.1. The van der Waals surface area contributed by atoms with E-state index in [1.165, 1.54) is 23.2 Å². The van der Waals surface area contributed by atoms with Gasteiger partial charge in [0.1, 0.15) is 6.10 Å². The van der Waals surface area contributed by atoms with Gasteiger partial charge in [0.2, 0.25) is 5.95 Å². The van der Waals surface area contributed by atoms with Crippen molar-refractivity contribution < 1.29 is 13.2 Å². The van der Waals surface area contributed by atoms with E-state index >= 15 is 0 Å². The standard InChI is InChI=1S/C24H30N4O3S2/c1-4-5-18-14-25-23(26-15-18)28-12-10-19(11-13-28)17(2)31-24-27-16-22(32-24)20-6-8-21(9-7-20)33(3,29)30/h6-9,14-17,19H,4-5,10-13H2,1-3H3/t17-/m0/s1. The molecule has 0 aliphatic carbocycles. The lowest BCUT2D eigenvalue weighted by Gasteiger charge is -2.34. The molecule has 7 nitrogen and oxygen atoms in total. The van der Waals surface area contributed by atoms with Gasteiger partial charge >= 0.3 is 0 Å². The largest absolute Gasteiger partial charge is 0.467 e. The predicted octanol–water partition coefficient (Wildman–Crippen LogP) is 4.64. The Morgan fingerprint density at radius 2 is 1.76 bits per heavy atom. The van der Waals surface area contributed by atoms with Crippen LogP contribution in [0.2, 0.25) is 0 Å². The van der Waals surface area contributed by atoms with Crippen molar-refractivity contribution in [3.8, 4) is 15.6 Å². The van der Waals surface area contributed by atoms with Gasteiger partial charge in [0.15, 0.2) is 9.84 Å². The molecule has 0 N–H and O–H groups in total. The maximum Gasteiger partial charge on any atom is 0.273 e. The number of sulfone groups is 1. The van der Waals surface area contributed by atoms with Crippen molar-refractivity contribution >= 4 is 27.1 Å². The number of benzene rings is 1. The summed E-state index contributed by atoms with van der Waals surface area (Å²) in [6.07, 6.45) is 11.1. The summed E-state index contributed by atoms with van der Waals surface area (Å²) in [5.74, 6) is 1.26. The van der Waals surface area contributed by atoms with Crippen LogP contribution >= 0.6 is 11.3 Å². The average Bonchev–Trinajstić information content (AvgIpc) is 3.28. The van der Waals surface area contributed by atoms with Gasteiger partial charge in [-0.05, 0) is 55.4 Å². The summed E-state index contributed by atoms with van der Waals surface area (Å²) in [5, 5.41) is 0.641. The number of thiazole rings is 1. The van der Waals surface area contributed by atoms with Crippen molar-refractivity contribution in [2.45, 2.75) is 50.5 Å². The molecule has 3 aromatic rings. The van der Waals surface area contributed by atoms with E-state index in [-0.39, 0.29) is 6.10 Å². The number of hydrogen-bond donors (Lipinski definition) is 0. The predicted molar refractivity (Wildman–Crippen MR) is 132 cm³/mol. The van der Waals surface area contributed by atoms with Crippen LogP contribution < -0.4 is 9.64 Å². The Labute approximate surface area is 199 Å². The van der Waals surface area contributed by atoms with Crippen LogP contribution in [0.15, 0.2) is 47.8 Å². The van der Waals surface area contributed by atoms with Gasteiger partial charge < -0.3 is 9.64 Å². The highest BCUT2D eigenvalue weighted by Crippen LogP contribution is 2.33. The molecule has 1 aromatic carbocycles. The second kappa shape index (κ2) is 10.2. The van der Waals surface area contributed by atoms with Crippen LogP contribution in [0.4, 0.5) is 5.95 Å². The van der Waals surface area contributed by atoms with Gasteiger partial charge in [-0.3, -0.25) is 0 Å². The van der Waals surface area contributed by atoms with Gasteiger partial charge in [0, 0.05) is 37.9 Å². The lowest BCUT2D eigenvalue weighted by atomic mass is 9.92. The van der Waals surface area contributed by atoms with E-state index in [1.807, 2.05) is 24.5 Å². The van der Waals surface area contributed by atoms with Crippen molar-refractivity contribution in [3.05, 3.63) is 48.4 Å². The molecule has 0 bridgehead atoms. The Hall–Kier alpha value is -2.52. The molecule has 0 spiro atoms. The third-order valence-electron chi connectivity index (χ3n) is 6.05. The van der Waals surface area contributed by atoms with E-state index in [0.717, 1.165) is 55.2 Å². The minimum Gasteiger partial charge on any atom is -0.467 e. The highest BCUT2D eigenvalue weighted by molar-refractivity contribution is 7.90. The minimum atomic E-state index is -3.20. The van der Waals surface area contributed by atoms with Crippen LogP contribution in [0.1, 0.15) is 38.7 Å². The third kappa shape index (κ3) is 5.89. The highest BCUT2D eigenvalue weighted by atomic mass is 32.2. The number of aromatic nitrogens is 3. The Balaban J connectivity index is 1.31. The summed E-state index contributed by atoms with van der Waals surface area (Å²) in [6.45, 7) is 6.10. The third-order valence-corrected chi connectivity index (χ3v) is 8.12. The van der Waals surface area contributed by atoms with Crippen LogP contribution in [0, 0.1) is 5.92 Å². The molecule has 1 saturated heterocycles. The van der Waals surface area contributed by atoms with Crippen molar-refractivity contribution in [1.82, 2.24) is 15.0 Å². The zero-order valence-corrected chi connectivity index (χ0v) is 20.9. The molecular formula is C24H30N4O3S2. The first-order valence-electron chi connectivity index (χ1n) is 11.3. The SMILES string of the molecule is CCCc1cnc(N2CCC([C@H](C)Oc3ncc(-c4ccc(S(C)(=O)=O)cc4)s3)CC2)nc1. The summed E-state index contributed by atoms with van der Waals surface area (Å²) in [7, 11) is -3.20. The summed E-state index contributed by atoms with van der Waals surface area (Å²) in [5.41, 5.74) is 2.12. The molecule has 176 valence electrons. The summed E-state index contributed by atoms with van der Waals surface area (Å²) < 4.78 is 29.5. The van der Waals surface area contributed by atoms with E-state index in [9.17, 15) is 8.42 Å². The minimum absolute atomic E-state index is 0.0617. The topological polar surface area (TPSA) is 85.3 Å². The molecule has 4 rings (SSSR count). The number of hydrogen-bond acceptors (Lipinski definition) is 8. The van der Waals surface area contributed by atoms with E-state index in [4.69, 9.17) is 4.74 Å². The second-order valence-electron chi connectivity index (χ2n) is 8.58. The first-order valence-corrected chi connectivity index (χ1v) is 14.0. The molecule has 0 amide bonds. The van der Waals surface area contributed by atoms with Gasteiger partial charge in [-0.25, -0.2) is 23.4 Å². The summed E-state index contributed by atoms with van der Waals surface area (Å²) >= 11 is 1.48. The van der Waals surface area contributed by atoms with Crippen molar-refractivity contribution in [1.29, 1.82) is 0 Å². The van der Waals surface area contributed by atoms with Crippen LogP contribution in [0.5, 0.6) is 5.19 Å². The Morgan fingerprint density at radius 3 is 2.36 bits per heavy atom. The molecule has 1 aliphatic rings. The number of piperidine rings is 1. The molecule has 9 heteroatoms. The fraction of sp³-hybridized carbons (Fsp3) is 0.458. The van der Waals surface area contributed by atoms with Crippen LogP contribution in [0.3, 0.4) is 0 Å². The fourth-order valence-corrected chi connectivity index (χ4v) is 5.55. The van der Waals surface area contributed by atoms with Crippen molar-refractivity contribution in [2.75, 3.05) is 24.2 Å². The molecular weight excluding hydrogens is 456 g/mol. The molecule has 1 aliphatic heterocycles. The van der Waals surface area contributed by atoms with Gasteiger partial charge in [0.05, 0.1) is 9.77 Å². The maximum absolute atomic E-state index is 11.7. The Morgan fingerprint density at radius 1 is 1.09 bits per heavy atom. The molecule has 0 saturated carbocycles. The number of anilines is 1. The van der Waals surface area contributed by atoms with Crippen molar-refractivity contribution in [3.63, 3.8) is 0 Å². The molecule has 2 aromatic heterocycles. The van der Waals surface area contributed by atoms with E-state index in [1.54, 1.807) is 18.3 Å².